The normalized spacial score (nSPS) is 18.3. The van der Waals surface area contributed by atoms with E-state index in [4.69, 9.17) is 5.73 Å². The summed E-state index contributed by atoms with van der Waals surface area (Å²) in [6, 6.07) is 2.37. The second kappa shape index (κ2) is 7.41. The molecule has 7 heteroatoms. The van der Waals surface area contributed by atoms with E-state index in [0.717, 1.165) is 12.8 Å². The molecule has 7 nitrogen and oxygen atoms in total. The molecule has 0 bridgehead atoms. The molecule has 1 aliphatic heterocycles. The summed E-state index contributed by atoms with van der Waals surface area (Å²) in [5.74, 6) is 0.0272. The number of pyridine rings is 1. The Hall–Kier alpha value is -2.15. The number of carbonyl (C=O) groups is 2. The van der Waals surface area contributed by atoms with Crippen molar-refractivity contribution >= 4 is 11.8 Å². The van der Waals surface area contributed by atoms with E-state index in [-0.39, 0.29) is 23.4 Å². The number of hydrogen-bond donors (Lipinski definition) is 3. The summed E-state index contributed by atoms with van der Waals surface area (Å²) in [4.78, 5) is 39.6. The number of nitrogens with one attached hydrogen (secondary N) is 2. The number of H-pyrrole nitrogens is 1. The average molecular weight is 320 g/mol. The van der Waals surface area contributed by atoms with E-state index in [1.165, 1.54) is 12.3 Å². The van der Waals surface area contributed by atoms with Crippen molar-refractivity contribution in [1.82, 2.24) is 15.2 Å². The van der Waals surface area contributed by atoms with Crippen molar-refractivity contribution in [3.05, 3.63) is 34.2 Å². The molecule has 0 aromatic carbocycles. The first-order valence-electron chi connectivity index (χ1n) is 7.92. The largest absolute Gasteiger partial charge is 0.349 e. The summed E-state index contributed by atoms with van der Waals surface area (Å²) < 4.78 is 0. The quantitative estimate of drug-likeness (QED) is 0.730. The lowest BCUT2D eigenvalue weighted by Gasteiger charge is -2.35. The standard InChI is InChI=1S/C16H24N4O3/c1-10(17)16(23)20-7-4-12(5-8-20)11(2)19-15(22)13-3-6-18-14(21)9-13/h3,6,9-12H,4-5,7-8,17H2,1-2H3,(H,18,21)(H,19,22). The molecule has 2 atom stereocenters. The van der Waals surface area contributed by atoms with Gasteiger partial charge in [0.15, 0.2) is 0 Å². The Morgan fingerprint density at radius 3 is 2.57 bits per heavy atom. The van der Waals surface area contributed by atoms with Gasteiger partial charge in [0.2, 0.25) is 11.5 Å². The Morgan fingerprint density at radius 2 is 2.00 bits per heavy atom. The fraction of sp³-hybridized carbons (Fsp3) is 0.562. The zero-order valence-corrected chi connectivity index (χ0v) is 13.5. The van der Waals surface area contributed by atoms with Crippen LogP contribution in [0.1, 0.15) is 37.0 Å². The number of carbonyl (C=O) groups excluding carboxylic acids is 2. The first kappa shape index (κ1) is 17.2. The molecule has 0 spiro atoms. The van der Waals surface area contributed by atoms with Gasteiger partial charge in [-0.1, -0.05) is 0 Å². The van der Waals surface area contributed by atoms with Gasteiger partial charge in [-0.15, -0.1) is 0 Å². The van der Waals surface area contributed by atoms with Crippen LogP contribution in [-0.4, -0.2) is 46.9 Å². The van der Waals surface area contributed by atoms with Gasteiger partial charge in [-0.25, -0.2) is 0 Å². The number of aromatic amines is 1. The molecule has 126 valence electrons. The number of piperidine rings is 1. The Kier molecular flexibility index (Phi) is 5.54. The van der Waals surface area contributed by atoms with E-state index in [9.17, 15) is 14.4 Å². The maximum atomic E-state index is 12.2. The molecular weight excluding hydrogens is 296 g/mol. The van der Waals surface area contributed by atoms with E-state index >= 15 is 0 Å². The molecule has 1 saturated heterocycles. The van der Waals surface area contributed by atoms with Crippen molar-refractivity contribution in [2.24, 2.45) is 11.7 Å². The minimum absolute atomic E-state index is 0.0191. The van der Waals surface area contributed by atoms with Crippen LogP contribution in [0, 0.1) is 5.92 Å². The van der Waals surface area contributed by atoms with Crippen LogP contribution < -0.4 is 16.6 Å². The monoisotopic (exact) mass is 320 g/mol. The van der Waals surface area contributed by atoms with Crippen LogP contribution in [0.5, 0.6) is 0 Å². The van der Waals surface area contributed by atoms with Crippen LogP contribution in [0.4, 0.5) is 0 Å². The maximum absolute atomic E-state index is 12.2. The van der Waals surface area contributed by atoms with Crippen LogP contribution >= 0.6 is 0 Å². The van der Waals surface area contributed by atoms with Crippen molar-refractivity contribution in [2.45, 2.75) is 38.8 Å². The van der Waals surface area contributed by atoms with Gasteiger partial charge in [0.1, 0.15) is 0 Å². The molecule has 1 aromatic rings. The van der Waals surface area contributed by atoms with Crippen LogP contribution in [0.2, 0.25) is 0 Å². The summed E-state index contributed by atoms with van der Waals surface area (Å²) in [6.45, 7) is 4.98. The highest BCUT2D eigenvalue weighted by molar-refractivity contribution is 5.94. The number of nitrogens with two attached hydrogens (primary N) is 1. The number of nitrogens with zero attached hydrogens (tertiary/aromatic N) is 1. The first-order valence-corrected chi connectivity index (χ1v) is 7.92. The first-order chi connectivity index (χ1) is 10.9. The Morgan fingerprint density at radius 1 is 1.35 bits per heavy atom. The lowest BCUT2D eigenvalue weighted by Crippen LogP contribution is -2.49. The van der Waals surface area contributed by atoms with Crippen LogP contribution in [0.15, 0.2) is 23.1 Å². The van der Waals surface area contributed by atoms with Gasteiger partial charge in [-0.2, -0.15) is 0 Å². The molecule has 1 aliphatic rings. The third-order valence-electron chi connectivity index (χ3n) is 4.34. The molecule has 2 heterocycles. The third kappa shape index (κ3) is 4.41. The predicted octanol–water partition coefficient (Wildman–Crippen LogP) is 0.0790. The van der Waals surface area contributed by atoms with Crippen LogP contribution in [-0.2, 0) is 4.79 Å². The highest BCUT2D eigenvalue weighted by Crippen LogP contribution is 2.21. The SMILES string of the molecule is CC(N)C(=O)N1CCC(C(C)NC(=O)c2cc[nH]c(=O)c2)CC1. The van der Waals surface area contributed by atoms with E-state index in [1.807, 2.05) is 6.92 Å². The Labute approximate surface area is 135 Å². The van der Waals surface area contributed by atoms with E-state index in [1.54, 1.807) is 17.9 Å². The van der Waals surface area contributed by atoms with Crippen molar-refractivity contribution in [3.8, 4) is 0 Å². The molecule has 2 rings (SSSR count). The minimum Gasteiger partial charge on any atom is -0.349 e. The van der Waals surface area contributed by atoms with E-state index in [0.29, 0.717) is 24.6 Å². The topological polar surface area (TPSA) is 108 Å². The van der Waals surface area contributed by atoms with Crippen molar-refractivity contribution < 1.29 is 9.59 Å². The molecule has 4 N–H and O–H groups in total. The van der Waals surface area contributed by atoms with E-state index < -0.39 is 6.04 Å². The number of likely N-dealkylation sites (tertiary alicyclic amines) is 1. The second-order valence-corrected chi connectivity index (χ2v) is 6.16. The molecule has 0 aliphatic carbocycles. The summed E-state index contributed by atoms with van der Waals surface area (Å²) in [6.07, 6.45) is 3.12. The Bertz CT molecular complexity index is 618. The summed E-state index contributed by atoms with van der Waals surface area (Å²) in [5, 5.41) is 2.94. The fourth-order valence-electron chi connectivity index (χ4n) is 2.90. The molecular formula is C16H24N4O3. The number of hydrogen-bond acceptors (Lipinski definition) is 4. The molecule has 1 fully saturated rings. The fourth-order valence-corrected chi connectivity index (χ4v) is 2.90. The van der Waals surface area contributed by atoms with Crippen molar-refractivity contribution in [1.29, 1.82) is 0 Å². The summed E-state index contributed by atoms with van der Waals surface area (Å²) in [7, 11) is 0. The van der Waals surface area contributed by atoms with Gasteiger partial charge >= 0.3 is 0 Å². The molecule has 1 aromatic heterocycles. The van der Waals surface area contributed by atoms with Gasteiger partial charge < -0.3 is 20.9 Å². The lowest BCUT2D eigenvalue weighted by molar-refractivity contribution is -0.133. The number of rotatable bonds is 4. The predicted molar refractivity (Wildman–Crippen MR) is 86.9 cm³/mol. The highest BCUT2D eigenvalue weighted by Gasteiger charge is 2.28. The Balaban J connectivity index is 1.88. The lowest BCUT2D eigenvalue weighted by atomic mass is 9.90. The van der Waals surface area contributed by atoms with Crippen LogP contribution in [0.3, 0.4) is 0 Å². The van der Waals surface area contributed by atoms with Gasteiger partial charge in [0, 0.05) is 37.0 Å². The summed E-state index contributed by atoms with van der Waals surface area (Å²) >= 11 is 0. The van der Waals surface area contributed by atoms with Gasteiger partial charge in [0.25, 0.3) is 5.91 Å². The summed E-state index contributed by atoms with van der Waals surface area (Å²) in [5.41, 5.74) is 5.68. The molecule has 2 unspecified atom stereocenters. The number of amides is 2. The molecule has 0 saturated carbocycles. The number of aromatic nitrogens is 1. The molecule has 23 heavy (non-hydrogen) atoms. The van der Waals surface area contributed by atoms with Crippen molar-refractivity contribution in [3.63, 3.8) is 0 Å². The van der Waals surface area contributed by atoms with Gasteiger partial charge in [-0.05, 0) is 38.7 Å². The smallest absolute Gasteiger partial charge is 0.251 e. The van der Waals surface area contributed by atoms with Gasteiger partial charge in [0.05, 0.1) is 6.04 Å². The zero-order valence-electron chi connectivity index (χ0n) is 13.5. The highest BCUT2D eigenvalue weighted by atomic mass is 16.2. The van der Waals surface area contributed by atoms with Crippen LogP contribution in [0.25, 0.3) is 0 Å². The van der Waals surface area contributed by atoms with Gasteiger partial charge in [-0.3, -0.25) is 14.4 Å². The average Bonchev–Trinajstić information content (AvgIpc) is 2.54. The second-order valence-electron chi connectivity index (χ2n) is 6.16. The zero-order chi connectivity index (χ0) is 17.0. The van der Waals surface area contributed by atoms with Crippen molar-refractivity contribution in [2.75, 3.05) is 13.1 Å². The minimum atomic E-state index is -0.472. The molecule has 0 radical (unpaired) electrons. The maximum Gasteiger partial charge on any atom is 0.251 e. The third-order valence-corrected chi connectivity index (χ3v) is 4.34. The van der Waals surface area contributed by atoms with E-state index in [2.05, 4.69) is 10.3 Å². The molecule has 2 amide bonds.